The fourth-order valence-corrected chi connectivity index (χ4v) is 3.06. The van der Waals surface area contributed by atoms with Gasteiger partial charge in [0.2, 0.25) is 5.91 Å². The van der Waals surface area contributed by atoms with Gasteiger partial charge < -0.3 is 10.6 Å². The summed E-state index contributed by atoms with van der Waals surface area (Å²) in [5, 5.41) is 9.06. The summed E-state index contributed by atoms with van der Waals surface area (Å²) in [7, 11) is 0. The summed E-state index contributed by atoms with van der Waals surface area (Å²) in [4.78, 5) is 22.2. The van der Waals surface area contributed by atoms with E-state index in [0.29, 0.717) is 17.7 Å². The number of carbonyl (C=O) groups excluding carboxylic acids is 1. The van der Waals surface area contributed by atoms with Crippen molar-refractivity contribution in [1.29, 1.82) is 0 Å². The van der Waals surface area contributed by atoms with Gasteiger partial charge in [-0.25, -0.2) is 9.97 Å². The molecule has 0 aliphatic heterocycles. The fourth-order valence-electron chi connectivity index (χ4n) is 2.40. The molecular formula is C17H16N4OS. The van der Waals surface area contributed by atoms with Crippen molar-refractivity contribution < 1.29 is 4.79 Å². The van der Waals surface area contributed by atoms with Crippen LogP contribution in [0.15, 0.2) is 41.8 Å². The van der Waals surface area contributed by atoms with Crippen molar-refractivity contribution in [2.45, 2.75) is 18.9 Å². The highest BCUT2D eigenvalue weighted by Crippen LogP contribution is 2.27. The lowest BCUT2D eigenvalue weighted by Crippen LogP contribution is -2.31. The number of thiophene rings is 1. The molecule has 0 atom stereocenters. The molecule has 1 aromatic carbocycles. The van der Waals surface area contributed by atoms with Crippen molar-refractivity contribution in [3.05, 3.63) is 41.8 Å². The molecule has 2 N–H and O–H groups in total. The van der Waals surface area contributed by atoms with Crippen LogP contribution in [0.4, 0.5) is 5.82 Å². The summed E-state index contributed by atoms with van der Waals surface area (Å²) in [6.45, 7) is 0.224. The van der Waals surface area contributed by atoms with Crippen LogP contribution in [-0.4, -0.2) is 28.5 Å². The van der Waals surface area contributed by atoms with Crippen LogP contribution < -0.4 is 10.6 Å². The molecule has 2 heterocycles. The lowest BCUT2D eigenvalue weighted by Gasteiger charge is -2.10. The lowest BCUT2D eigenvalue weighted by molar-refractivity contribution is -0.119. The maximum absolute atomic E-state index is 11.9. The fraction of sp³-hybridized carbons (Fsp3) is 0.235. The van der Waals surface area contributed by atoms with Crippen molar-refractivity contribution in [1.82, 2.24) is 15.3 Å². The van der Waals surface area contributed by atoms with E-state index in [9.17, 15) is 4.79 Å². The first kappa shape index (κ1) is 14.1. The number of hydrogen-bond acceptors (Lipinski definition) is 5. The number of nitrogens with one attached hydrogen (secondary N) is 2. The summed E-state index contributed by atoms with van der Waals surface area (Å²) in [6, 6.07) is 12.2. The number of nitrogens with zero attached hydrogens (tertiary/aromatic N) is 2. The summed E-state index contributed by atoms with van der Waals surface area (Å²) < 4.78 is 0. The predicted octanol–water partition coefficient (Wildman–Crippen LogP) is 3.05. The van der Waals surface area contributed by atoms with Crippen LogP contribution in [0.1, 0.15) is 12.8 Å². The summed E-state index contributed by atoms with van der Waals surface area (Å²) in [6.07, 6.45) is 2.18. The number of rotatable bonds is 5. The summed E-state index contributed by atoms with van der Waals surface area (Å²) in [5.74, 6) is 1.39. The Labute approximate surface area is 137 Å². The number of aromatic nitrogens is 2. The first-order valence-corrected chi connectivity index (χ1v) is 8.51. The Morgan fingerprint density at radius 2 is 2.04 bits per heavy atom. The Hall–Kier alpha value is -2.47. The number of anilines is 1. The van der Waals surface area contributed by atoms with Gasteiger partial charge in [0.15, 0.2) is 5.82 Å². The Kier molecular flexibility index (Phi) is 3.67. The van der Waals surface area contributed by atoms with Crippen molar-refractivity contribution in [2.24, 2.45) is 0 Å². The molecule has 6 heteroatoms. The second-order valence-corrected chi connectivity index (χ2v) is 6.53. The van der Waals surface area contributed by atoms with Crippen LogP contribution in [0, 0.1) is 0 Å². The third-order valence-electron chi connectivity index (χ3n) is 3.70. The molecule has 0 spiro atoms. The highest BCUT2D eigenvalue weighted by Gasteiger charge is 2.23. The molecule has 1 saturated carbocycles. The third kappa shape index (κ3) is 3.17. The Morgan fingerprint density at radius 3 is 2.83 bits per heavy atom. The molecule has 4 rings (SSSR count). The smallest absolute Gasteiger partial charge is 0.239 e. The van der Waals surface area contributed by atoms with E-state index in [0.717, 1.165) is 28.6 Å². The molecule has 2 aromatic heterocycles. The number of para-hydroxylation sites is 1. The van der Waals surface area contributed by atoms with Gasteiger partial charge in [-0.3, -0.25) is 4.79 Å². The highest BCUT2D eigenvalue weighted by atomic mass is 32.1. The van der Waals surface area contributed by atoms with Crippen LogP contribution in [0.3, 0.4) is 0 Å². The van der Waals surface area contributed by atoms with Crippen molar-refractivity contribution in [2.75, 3.05) is 11.9 Å². The normalized spacial score (nSPS) is 13.9. The molecule has 1 fully saturated rings. The quantitative estimate of drug-likeness (QED) is 0.757. The second-order valence-electron chi connectivity index (χ2n) is 5.59. The van der Waals surface area contributed by atoms with E-state index < -0.39 is 0 Å². The van der Waals surface area contributed by atoms with Gasteiger partial charge in [-0.15, -0.1) is 11.3 Å². The zero-order valence-electron chi connectivity index (χ0n) is 12.5. The number of carbonyl (C=O) groups is 1. The monoisotopic (exact) mass is 324 g/mol. The van der Waals surface area contributed by atoms with E-state index in [1.807, 2.05) is 41.8 Å². The molecule has 0 bridgehead atoms. The SMILES string of the molecule is O=C(CNc1nc(-c2cccs2)nc2ccccc12)NC1CC1. The zero-order chi connectivity index (χ0) is 15.6. The third-order valence-corrected chi connectivity index (χ3v) is 4.57. The van der Waals surface area contributed by atoms with E-state index in [2.05, 4.69) is 20.6 Å². The maximum atomic E-state index is 11.9. The first-order valence-electron chi connectivity index (χ1n) is 7.63. The predicted molar refractivity (Wildman–Crippen MR) is 92.5 cm³/mol. The van der Waals surface area contributed by atoms with Gasteiger partial charge in [0.25, 0.3) is 0 Å². The van der Waals surface area contributed by atoms with Crippen LogP contribution in [0.2, 0.25) is 0 Å². The van der Waals surface area contributed by atoms with Crippen molar-refractivity contribution in [3.8, 4) is 10.7 Å². The largest absolute Gasteiger partial charge is 0.360 e. The topological polar surface area (TPSA) is 66.9 Å². The Bertz CT molecular complexity index is 843. The number of hydrogen-bond donors (Lipinski definition) is 2. The van der Waals surface area contributed by atoms with E-state index in [-0.39, 0.29) is 12.5 Å². The van der Waals surface area contributed by atoms with Crippen molar-refractivity contribution >= 4 is 34.0 Å². The molecular weight excluding hydrogens is 308 g/mol. The van der Waals surface area contributed by atoms with Gasteiger partial charge in [-0.05, 0) is 36.4 Å². The Balaban J connectivity index is 1.64. The molecule has 116 valence electrons. The van der Waals surface area contributed by atoms with Gasteiger partial charge in [0.05, 0.1) is 16.9 Å². The van der Waals surface area contributed by atoms with Crippen molar-refractivity contribution in [3.63, 3.8) is 0 Å². The lowest BCUT2D eigenvalue weighted by atomic mass is 10.2. The van der Waals surface area contributed by atoms with Crippen LogP contribution in [0.25, 0.3) is 21.6 Å². The number of benzene rings is 1. The summed E-state index contributed by atoms with van der Waals surface area (Å²) in [5.41, 5.74) is 0.871. The average Bonchev–Trinajstić information content (AvgIpc) is 3.21. The molecule has 3 aromatic rings. The number of amides is 1. The second kappa shape index (κ2) is 5.96. The standard InChI is InChI=1S/C17H16N4OS/c22-15(19-11-7-8-11)10-18-16-12-4-1-2-5-13(12)20-17(21-16)14-6-3-9-23-14/h1-6,9,11H,7-8,10H2,(H,19,22)(H,18,20,21). The Morgan fingerprint density at radius 1 is 1.17 bits per heavy atom. The van der Waals surface area contributed by atoms with Gasteiger partial charge in [-0.1, -0.05) is 18.2 Å². The van der Waals surface area contributed by atoms with Gasteiger partial charge in [0.1, 0.15) is 5.82 Å². The van der Waals surface area contributed by atoms with E-state index in [4.69, 9.17) is 0 Å². The molecule has 1 aliphatic carbocycles. The van der Waals surface area contributed by atoms with E-state index in [1.165, 1.54) is 0 Å². The minimum atomic E-state index is 0.00728. The van der Waals surface area contributed by atoms with Gasteiger partial charge in [-0.2, -0.15) is 0 Å². The molecule has 5 nitrogen and oxygen atoms in total. The van der Waals surface area contributed by atoms with Gasteiger partial charge in [0, 0.05) is 11.4 Å². The first-order chi connectivity index (χ1) is 11.3. The molecule has 0 unspecified atom stereocenters. The van der Waals surface area contributed by atoms with Crippen LogP contribution >= 0.6 is 11.3 Å². The minimum absolute atomic E-state index is 0.00728. The maximum Gasteiger partial charge on any atom is 0.239 e. The van der Waals surface area contributed by atoms with E-state index >= 15 is 0 Å². The molecule has 23 heavy (non-hydrogen) atoms. The highest BCUT2D eigenvalue weighted by molar-refractivity contribution is 7.13. The summed E-state index contributed by atoms with van der Waals surface area (Å²) >= 11 is 1.60. The van der Waals surface area contributed by atoms with Crippen LogP contribution in [-0.2, 0) is 4.79 Å². The molecule has 0 saturated heterocycles. The zero-order valence-corrected chi connectivity index (χ0v) is 13.3. The molecule has 1 aliphatic rings. The van der Waals surface area contributed by atoms with E-state index in [1.54, 1.807) is 11.3 Å². The minimum Gasteiger partial charge on any atom is -0.360 e. The van der Waals surface area contributed by atoms with Gasteiger partial charge >= 0.3 is 0 Å². The molecule has 0 radical (unpaired) electrons. The average molecular weight is 324 g/mol. The number of fused-ring (bicyclic) bond motifs is 1. The molecule has 1 amide bonds. The van der Waals surface area contributed by atoms with Crippen LogP contribution in [0.5, 0.6) is 0 Å².